The number of hydrogen-bond donors (Lipinski definition) is 2. The number of fused-ring (bicyclic) bond motifs is 3. The van der Waals surface area contributed by atoms with Crippen LogP contribution in [0.3, 0.4) is 0 Å². The fourth-order valence-electron chi connectivity index (χ4n) is 4.60. The largest absolute Gasteiger partial charge is 0.490 e. The van der Waals surface area contributed by atoms with Gasteiger partial charge in [-0.05, 0) is 25.0 Å². The van der Waals surface area contributed by atoms with E-state index in [9.17, 15) is 26.0 Å². The summed E-state index contributed by atoms with van der Waals surface area (Å²) in [5, 5.41) is 0. The SMILES string of the molecule is NC1(CS(=O)(=O)CCC2OCCC3(S(=O)O)c4c(F)ccc(F)c4OCC23)COC1. The van der Waals surface area contributed by atoms with Crippen molar-refractivity contribution in [1.29, 1.82) is 0 Å². The Morgan fingerprint density at radius 1 is 1.27 bits per heavy atom. The van der Waals surface area contributed by atoms with Crippen molar-refractivity contribution >= 4 is 20.9 Å². The Kier molecular flexibility index (Phi) is 5.69. The lowest BCUT2D eigenvalue weighted by molar-refractivity contribution is -0.0735. The van der Waals surface area contributed by atoms with Gasteiger partial charge in [0.2, 0.25) is 0 Å². The normalized spacial score (nSPS) is 31.1. The van der Waals surface area contributed by atoms with Crippen molar-refractivity contribution in [3.05, 3.63) is 29.3 Å². The topological polar surface area (TPSA) is 125 Å². The van der Waals surface area contributed by atoms with Crippen LogP contribution in [0.15, 0.2) is 12.1 Å². The van der Waals surface area contributed by atoms with Crippen molar-refractivity contribution in [2.24, 2.45) is 11.7 Å². The Bertz CT molecular complexity index is 970. The molecule has 12 heteroatoms. The summed E-state index contributed by atoms with van der Waals surface area (Å²) in [7, 11) is -3.55. The molecule has 1 aromatic carbocycles. The first-order valence-corrected chi connectivity index (χ1v) is 12.4. The second-order valence-electron chi connectivity index (χ2n) is 8.18. The molecule has 3 aliphatic rings. The molecule has 3 N–H and O–H groups in total. The molecular formula is C18H23F2NO7S2. The summed E-state index contributed by atoms with van der Waals surface area (Å²) in [6, 6.07) is 1.80. The summed E-state index contributed by atoms with van der Waals surface area (Å²) in [6.45, 7) is 0.129. The summed E-state index contributed by atoms with van der Waals surface area (Å²) < 4.78 is 91.1. The van der Waals surface area contributed by atoms with Gasteiger partial charge < -0.3 is 24.5 Å². The second-order valence-corrected chi connectivity index (χ2v) is 11.6. The van der Waals surface area contributed by atoms with Crippen molar-refractivity contribution in [3.63, 3.8) is 0 Å². The molecule has 4 unspecified atom stereocenters. The molecule has 0 bridgehead atoms. The van der Waals surface area contributed by atoms with Gasteiger partial charge in [-0.1, -0.05) is 0 Å². The van der Waals surface area contributed by atoms with Gasteiger partial charge >= 0.3 is 0 Å². The molecule has 3 aliphatic heterocycles. The molecule has 1 aromatic rings. The van der Waals surface area contributed by atoms with Gasteiger partial charge in [-0.2, -0.15) is 0 Å². The smallest absolute Gasteiger partial charge is 0.165 e. The Morgan fingerprint density at radius 3 is 2.60 bits per heavy atom. The maximum Gasteiger partial charge on any atom is 0.165 e. The van der Waals surface area contributed by atoms with E-state index in [2.05, 4.69) is 0 Å². The third-order valence-electron chi connectivity index (χ3n) is 6.05. The van der Waals surface area contributed by atoms with Gasteiger partial charge in [0, 0.05) is 12.5 Å². The molecule has 0 amide bonds. The van der Waals surface area contributed by atoms with Crippen LogP contribution in [0.4, 0.5) is 8.78 Å². The van der Waals surface area contributed by atoms with Crippen LogP contribution < -0.4 is 10.5 Å². The summed E-state index contributed by atoms with van der Waals surface area (Å²) in [5.74, 6) is -3.38. The molecule has 0 spiro atoms. The van der Waals surface area contributed by atoms with Crippen molar-refractivity contribution in [1.82, 2.24) is 0 Å². The predicted octanol–water partition coefficient (Wildman–Crippen LogP) is 0.712. The van der Waals surface area contributed by atoms with E-state index in [1.807, 2.05) is 0 Å². The Labute approximate surface area is 175 Å². The lowest BCUT2D eigenvalue weighted by Gasteiger charge is -2.48. The number of rotatable bonds is 6. The van der Waals surface area contributed by atoms with Crippen LogP contribution in [0, 0.1) is 17.6 Å². The molecule has 0 saturated carbocycles. The highest BCUT2D eigenvalue weighted by Crippen LogP contribution is 2.52. The first-order chi connectivity index (χ1) is 14.1. The van der Waals surface area contributed by atoms with Crippen LogP contribution in [-0.2, 0) is 35.1 Å². The van der Waals surface area contributed by atoms with E-state index in [1.54, 1.807) is 0 Å². The lowest BCUT2D eigenvalue weighted by Crippen LogP contribution is -2.62. The predicted molar refractivity (Wildman–Crippen MR) is 103 cm³/mol. The minimum atomic E-state index is -3.55. The maximum atomic E-state index is 14.7. The number of sulfone groups is 1. The molecule has 4 atom stereocenters. The first-order valence-electron chi connectivity index (χ1n) is 9.49. The number of hydrogen-bond acceptors (Lipinski definition) is 7. The standard InChI is InChI=1S/C18H23F2NO7S2/c19-12-1-2-13(20)16-15(12)18(29(22)23)4-5-27-14(11(18)7-28-16)3-6-30(24,25)10-17(21)8-26-9-17/h1-2,11,14H,3-10,21H2,(H,22,23). The van der Waals surface area contributed by atoms with E-state index in [-0.39, 0.29) is 62.1 Å². The Balaban J connectivity index is 1.61. The number of benzene rings is 1. The van der Waals surface area contributed by atoms with E-state index in [0.717, 1.165) is 12.1 Å². The van der Waals surface area contributed by atoms with Crippen LogP contribution in [0.1, 0.15) is 18.4 Å². The van der Waals surface area contributed by atoms with E-state index in [1.165, 1.54) is 0 Å². The monoisotopic (exact) mass is 467 g/mol. The third kappa shape index (κ3) is 3.67. The molecular weight excluding hydrogens is 444 g/mol. The van der Waals surface area contributed by atoms with E-state index >= 15 is 0 Å². The zero-order chi connectivity index (χ0) is 21.7. The molecule has 0 radical (unpaired) electrons. The summed E-state index contributed by atoms with van der Waals surface area (Å²) in [5.41, 5.74) is 4.75. The van der Waals surface area contributed by atoms with Gasteiger partial charge in [-0.15, -0.1) is 0 Å². The van der Waals surface area contributed by atoms with Gasteiger partial charge in [0.15, 0.2) is 32.5 Å². The van der Waals surface area contributed by atoms with Crippen LogP contribution in [0.25, 0.3) is 0 Å². The molecule has 30 heavy (non-hydrogen) atoms. The highest BCUT2D eigenvalue weighted by Gasteiger charge is 2.57. The fraction of sp³-hybridized carbons (Fsp3) is 0.667. The molecule has 0 aromatic heterocycles. The van der Waals surface area contributed by atoms with Crippen LogP contribution in [0.5, 0.6) is 5.75 Å². The van der Waals surface area contributed by atoms with Gasteiger partial charge in [0.05, 0.1) is 48.5 Å². The first kappa shape index (κ1) is 22.0. The summed E-state index contributed by atoms with van der Waals surface area (Å²) in [4.78, 5) is 0. The van der Waals surface area contributed by atoms with Crippen LogP contribution in [-0.4, -0.2) is 66.8 Å². The molecule has 168 valence electrons. The molecule has 4 rings (SSSR count). The van der Waals surface area contributed by atoms with Gasteiger partial charge in [-0.3, -0.25) is 0 Å². The average Bonchev–Trinajstić information content (AvgIpc) is 2.66. The minimum absolute atomic E-state index is 0.00241. The zero-order valence-electron chi connectivity index (χ0n) is 16.0. The van der Waals surface area contributed by atoms with Gasteiger partial charge in [-0.25, -0.2) is 21.4 Å². The summed E-state index contributed by atoms with van der Waals surface area (Å²) in [6.07, 6.45) is -0.797. The van der Waals surface area contributed by atoms with Gasteiger partial charge in [0.1, 0.15) is 10.6 Å². The highest BCUT2D eigenvalue weighted by molar-refractivity contribution is 7.91. The van der Waals surface area contributed by atoms with Crippen molar-refractivity contribution < 1.29 is 40.2 Å². The van der Waals surface area contributed by atoms with E-state index in [4.69, 9.17) is 19.9 Å². The lowest BCUT2D eigenvalue weighted by atomic mass is 9.75. The third-order valence-corrected chi connectivity index (χ3v) is 9.26. The van der Waals surface area contributed by atoms with E-state index < -0.39 is 54.9 Å². The van der Waals surface area contributed by atoms with Crippen LogP contribution in [0.2, 0.25) is 0 Å². The maximum absolute atomic E-state index is 14.7. The summed E-state index contributed by atoms with van der Waals surface area (Å²) >= 11 is -2.58. The van der Waals surface area contributed by atoms with Gasteiger partial charge in [0.25, 0.3) is 0 Å². The Morgan fingerprint density at radius 2 is 1.97 bits per heavy atom. The Hall–Kier alpha value is -1.18. The number of ether oxygens (including phenoxy) is 3. The molecule has 0 aliphatic carbocycles. The zero-order valence-corrected chi connectivity index (χ0v) is 17.6. The fourth-order valence-corrected chi connectivity index (χ4v) is 7.48. The average molecular weight is 468 g/mol. The number of halogens is 2. The molecule has 2 saturated heterocycles. The quantitative estimate of drug-likeness (QED) is 0.586. The second kappa shape index (κ2) is 7.75. The highest BCUT2D eigenvalue weighted by atomic mass is 32.2. The molecule has 2 fully saturated rings. The van der Waals surface area contributed by atoms with Crippen molar-refractivity contribution in [2.75, 3.05) is 37.9 Å². The molecule has 3 heterocycles. The van der Waals surface area contributed by atoms with Crippen molar-refractivity contribution in [2.45, 2.75) is 29.2 Å². The molecule has 8 nitrogen and oxygen atoms in total. The van der Waals surface area contributed by atoms with E-state index in [0.29, 0.717) is 0 Å². The van der Waals surface area contributed by atoms with Crippen LogP contribution >= 0.6 is 0 Å². The van der Waals surface area contributed by atoms with Crippen molar-refractivity contribution in [3.8, 4) is 5.75 Å². The minimum Gasteiger partial charge on any atom is -0.490 e. The number of nitrogens with two attached hydrogens (primary N) is 1.